The zero-order chi connectivity index (χ0) is 23.3. The van der Waals surface area contributed by atoms with Crippen LogP contribution in [0.4, 0.5) is 13.2 Å². The number of nitrogens with zero attached hydrogens (tertiary/aromatic N) is 3. The molecule has 5 rings (SSSR count). The van der Waals surface area contributed by atoms with Crippen molar-refractivity contribution in [1.82, 2.24) is 14.9 Å². The topological polar surface area (TPSA) is 96.5 Å². The lowest BCUT2D eigenvalue weighted by Crippen LogP contribution is -2.28. The number of fused-ring (bicyclic) bond motifs is 2. The lowest BCUT2D eigenvalue weighted by molar-refractivity contribution is -0.286. The van der Waals surface area contributed by atoms with Crippen molar-refractivity contribution >= 4 is 16.8 Å². The Kier molecular flexibility index (Phi) is 4.69. The van der Waals surface area contributed by atoms with Crippen molar-refractivity contribution < 1.29 is 32.0 Å². The second kappa shape index (κ2) is 7.47. The third kappa shape index (κ3) is 3.81. The summed E-state index contributed by atoms with van der Waals surface area (Å²) < 4.78 is 55.1. The van der Waals surface area contributed by atoms with Crippen LogP contribution in [0.2, 0.25) is 0 Å². The number of ketones is 1. The first-order chi connectivity index (χ1) is 15.7. The largest absolute Gasteiger partial charge is 0.586 e. The molecule has 0 spiro atoms. The van der Waals surface area contributed by atoms with Crippen LogP contribution in [-0.4, -0.2) is 27.0 Å². The zero-order valence-corrected chi connectivity index (χ0v) is 17.0. The third-order valence-corrected chi connectivity index (χ3v) is 5.04. The summed E-state index contributed by atoms with van der Waals surface area (Å²) in [7, 11) is 0. The lowest BCUT2D eigenvalue weighted by Gasteiger charge is -2.08. The molecule has 0 N–H and O–H groups in total. The van der Waals surface area contributed by atoms with Crippen LogP contribution < -0.4 is 15.0 Å². The number of aromatic nitrogens is 3. The molecular formula is C22H14F3N3O5. The molecule has 168 valence electrons. The second-order valence-corrected chi connectivity index (χ2v) is 7.46. The van der Waals surface area contributed by atoms with Gasteiger partial charge in [0.15, 0.2) is 17.3 Å². The Balaban J connectivity index is 1.47. The number of hydrogen-bond donors (Lipinski definition) is 0. The number of hydrogen-bond acceptors (Lipinski definition) is 7. The van der Waals surface area contributed by atoms with E-state index in [1.54, 1.807) is 13.0 Å². The van der Waals surface area contributed by atoms with E-state index >= 15 is 0 Å². The first-order valence-electron chi connectivity index (χ1n) is 9.74. The van der Waals surface area contributed by atoms with Crippen molar-refractivity contribution in [3.05, 3.63) is 69.9 Å². The first kappa shape index (κ1) is 20.7. The molecule has 1 aliphatic heterocycles. The molecule has 0 saturated carbocycles. The Hall–Kier alpha value is -4.15. The lowest BCUT2D eigenvalue weighted by atomic mass is 10.1. The number of carbonyl (C=O) groups excluding carboxylic acids is 1. The van der Waals surface area contributed by atoms with Crippen molar-refractivity contribution in [2.45, 2.75) is 26.2 Å². The molecule has 0 unspecified atom stereocenters. The SMILES string of the molecule is Cc1noc2c(-c3cccc(F)c3)nn(CC(=O)Cc3ccc4c(c3)OC(F)(F)O4)c(=O)c12. The van der Waals surface area contributed by atoms with Gasteiger partial charge < -0.3 is 14.0 Å². The van der Waals surface area contributed by atoms with Gasteiger partial charge in [-0.1, -0.05) is 23.4 Å². The minimum absolute atomic E-state index is 0.0866. The molecule has 11 heteroatoms. The van der Waals surface area contributed by atoms with E-state index in [0.29, 0.717) is 16.8 Å². The van der Waals surface area contributed by atoms with Crippen molar-refractivity contribution in [3.8, 4) is 22.8 Å². The quantitative estimate of drug-likeness (QED) is 0.452. The van der Waals surface area contributed by atoms with Gasteiger partial charge in [-0.25, -0.2) is 9.07 Å². The summed E-state index contributed by atoms with van der Waals surface area (Å²) in [6.07, 6.45) is -3.94. The number of benzene rings is 2. The molecular weight excluding hydrogens is 443 g/mol. The fraction of sp³-hybridized carbons (Fsp3) is 0.182. The van der Waals surface area contributed by atoms with Gasteiger partial charge in [0.2, 0.25) is 5.58 Å². The molecule has 8 nitrogen and oxygen atoms in total. The maximum atomic E-state index is 13.8. The zero-order valence-electron chi connectivity index (χ0n) is 17.0. The molecule has 1 aliphatic rings. The highest BCUT2D eigenvalue weighted by Crippen LogP contribution is 2.41. The van der Waals surface area contributed by atoms with Crippen LogP contribution in [0.1, 0.15) is 11.3 Å². The summed E-state index contributed by atoms with van der Waals surface area (Å²) >= 11 is 0. The summed E-state index contributed by atoms with van der Waals surface area (Å²) in [5.41, 5.74) is 0.677. The minimum atomic E-state index is -3.76. The van der Waals surface area contributed by atoms with E-state index in [-0.39, 0.29) is 34.6 Å². The normalized spacial score (nSPS) is 14.1. The Morgan fingerprint density at radius 3 is 2.70 bits per heavy atom. The predicted molar refractivity (Wildman–Crippen MR) is 108 cm³/mol. The molecule has 0 aliphatic carbocycles. The third-order valence-electron chi connectivity index (χ3n) is 5.04. The fourth-order valence-electron chi connectivity index (χ4n) is 3.61. The average molecular weight is 457 g/mol. The number of Topliss-reactive ketones (excluding diaryl/α,β-unsaturated/α-hetero) is 1. The van der Waals surface area contributed by atoms with Crippen LogP contribution in [0, 0.1) is 12.7 Å². The van der Waals surface area contributed by atoms with Gasteiger partial charge in [0.05, 0.1) is 5.69 Å². The van der Waals surface area contributed by atoms with Crippen LogP contribution in [0.25, 0.3) is 22.2 Å². The monoisotopic (exact) mass is 457 g/mol. The van der Waals surface area contributed by atoms with Gasteiger partial charge in [0.25, 0.3) is 5.56 Å². The van der Waals surface area contributed by atoms with Gasteiger partial charge in [0, 0.05) is 12.0 Å². The standard InChI is InChI=1S/C22H14F3N3O5/c1-11-18-20(33-27-11)19(13-3-2-4-14(23)9-13)26-28(21(18)30)10-15(29)7-12-5-6-16-17(8-12)32-22(24,25)31-16/h2-6,8-9H,7,10H2,1H3. The Morgan fingerprint density at radius 2 is 1.91 bits per heavy atom. The highest BCUT2D eigenvalue weighted by molar-refractivity contribution is 5.90. The number of alkyl halides is 2. The van der Waals surface area contributed by atoms with Gasteiger partial charge in [-0.15, -0.1) is 8.78 Å². The van der Waals surface area contributed by atoms with E-state index < -0.39 is 30.0 Å². The number of aryl methyl sites for hydroxylation is 1. The first-order valence-corrected chi connectivity index (χ1v) is 9.74. The number of ether oxygens (including phenoxy) is 2. The van der Waals surface area contributed by atoms with E-state index in [4.69, 9.17) is 4.52 Å². The van der Waals surface area contributed by atoms with Crippen molar-refractivity contribution in [2.24, 2.45) is 0 Å². The van der Waals surface area contributed by atoms with Gasteiger partial charge >= 0.3 is 6.29 Å². The molecule has 3 heterocycles. The van der Waals surface area contributed by atoms with E-state index in [2.05, 4.69) is 19.7 Å². The minimum Gasteiger partial charge on any atom is -0.395 e. The van der Waals surface area contributed by atoms with Crippen LogP contribution in [0.3, 0.4) is 0 Å². The van der Waals surface area contributed by atoms with Gasteiger partial charge in [-0.3, -0.25) is 9.59 Å². The van der Waals surface area contributed by atoms with E-state index in [0.717, 1.165) is 4.68 Å². The van der Waals surface area contributed by atoms with Crippen LogP contribution in [0.15, 0.2) is 51.8 Å². The Bertz CT molecular complexity index is 1480. The molecule has 0 amide bonds. The predicted octanol–water partition coefficient (Wildman–Crippen LogP) is 3.63. The van der Waals surface area contributed by atoms with Crippen LogP contribution >= 0.6 is 0 Å². The molecule has 0 radical (unpaired) electrons. The number of carbonyl (C=O) groups is 1. The summed E-state index contributed by atoms with van der Waals surface area (Å²) in [6, 6.07) is 9.54. The summed E-state index contributed by atoms with van der Waals surface area (Å²) in [5, 5.41) is 8.15. The molecule has 2 aromatic carbocycles. The summed E-state index contributed by atoms with van der Waals surface area (Å²) in [4.78, 5) is 25.6. The van der Waals surface area contributed by atoms with Gasteiger partial charge in [0.1, 0.15) is 23.4 Å². The van der Waals surface area contributed by atoms with Crippen molar-refractivity contribution in [1.29, 1.82) is 0 Å². The molecule has 0 saturated heterocycles. The Morgan fingerprint density at radius 1 is 1.12 bits per heavy atom. The molecule has 0 atom stereocenters. The van der Waals surface area contributed by atoms with E-state index in [1.165, 1.54) is 36.4 Å². The van der Waals surface area contributed by atoms with Crippen LogP contribution in [0.5, 0.6) is 11.5 Å². The molecule has 0 fully saturated rings. The maximum Gasteiger partial charge on any atom is 0.586 e. The molecule has 0 bridgehead atoms. The molecule has 4 aromatic rings. The molecule has 33 heavy (non-hydrogen) atoms. The number of rotatable bonds is 5. The van der Waals surface area contributed by atoms with Gasteiger partial charge in [-0.05, 0) is 36.8 Å². The average Bonchev–Trinajstić information content (AvgIpc) is 3.28. The highest BCUT2D eigenvalue weighted by Gasteiger charge is 2.43. The summed E-state index contributed by atoms with van der Waals surface area (Å²) in [6.45, 7) is 1.16. The highest BCUT2D eigenvalue weighted by atomic mass is 19.3. The summed E-state index contributed by atoms with van der Waals surface area (Å²) in [5.74, 6) is -1.26. The van der Waals surface area contributed by atoms with Crippen molar-refractivity contribution in [3.63, 3.8) is 0 Å². The fourth-order valence-corrected chi connectivity index (χ4v) is 3.61. The van der Waals surface area contributed by atoms with Crippen LogP contribution in [-0.2, 0) is 17.8 Å². The number of halogens is 3. The maximum absolute atomic E-state index is 13.8. The molecule has 2 aromatic heterocycles. The van der Waals surface area contributed by atoms with E-state index in [1.807, 2.05) is 0 Å². The van der Waals surface area contributed by atoms with Crippen molar-refractivity contribution in [2.75, 3.05) is 0 Å². The Labute approximate surface area is 183 Å². The second-order valence-electron chi connectivity index (χ2n) is 7.46. The van der Waals surface area contributed by atoms with Gasteiger partial charge in [-0.2, -0.15) is 5.10 Å². The van der Waals surface area contributed by atoms with E-state index in [9.17, 15) is 22.8 Å². The smallest absolute Gasteiger partial charge is 0.395 e.